The first-order valence-electron chi connectivity index (χ1n) is 7.72. The number of fused-ring (bicyclic) bond motifs is 1. The number of esters is 1. The van der Waals surface area contributed by atoms with Crippen molar-refractivity contribution in [3.8, 4) is 17.2 Å². The molecular weight excluding hydrogens is 414 g/mol. The molecule has 1 amide bonds. The summed E-state index contributed by atoms with van der Waals surface area (Å²) in [4.78, 5) is 22.6. The van der Waals surface area contributed by atoms with E-state index in [0.717, 1.165) is 6.07 Å². The monoisotopic (exact) mass is 427 g/mol. The predicted molar refractivity (Wildman–Crippen MR) is 97.7 cm³/mol. The van der Waals surface area contributed by atoms with Crippen LogP contribution in [0.15, 0.2) is 35.2 Å². The number of carbonyl (C=O) groups excluding carboxylic acids is 2. The number of anilines is 1. The molecule has 0 spiro atoms. The van der Waals surface area contributed by atoms with Crippen molar-refractivity contribution in [3.63, 3.8) is 0 Å². The van der Waals surface area contributed by atoms with E-state index in [-0.39, 0.29) is 50.9 Å². The van der Waals surface area contributed by atoms with Crippen LogP contribution in [0.4, 0.5) is 5.69 Å². The Bertz CT molecular complexity index is 1070. The summed E-state index contributed by atoms with van der Waals surface area (Å²) in [7, 11) is -1.88. The van der Waals surface area contributed by atoms with E-state index in [1.807, 2.05) is 0 Å². The molecule has 0 aliphatic carbocycles. The molecule has 0 atom stereocenters. The van der Waals surface area contributed by atoms with Crippen LogP contribution in [0.2, 0.25) is 5.02 Å². The predicted octanol–water partition coefficient (Wildman–Crippen LogP) is 2.23. The summed E-state index contributed by atoms with van der Waals surface area (Å²) >= 11 is 6.06. The molecule has 2 aromatic carbocycles. The molecule has 3 rings (SSSR count). The van der Waals surface area contributed by atoms with Crippen LogP contribution in [0, 0.1) is 0 Å². The summed E-state index contributed by atoms with van der Waals surface area (Å²) in [6, 6.07) is 6.27. The molecule has 0 radical (unpaired) electrons. The third-order valence-corrected chi connectivity index (χ3v) is 5.42. The molecule has 0 saturated heterocycles. The second kappa shape index (κ2) is 7.56. The molecule has 0 saturated carbocycles. The SMILES string of the molecule is COC(=O)c1ccc(OS(=O)(=O)c2cc3c(cc2Cl)NC(=O)CO3)c(OC)c1. The molecule has 2 aromatic rings. The molecule has 0 bridgehead atoms. The Morgan fingerprint density at radius 3 is 2.61 bits per heavy atom. The Morgan fingerprint density at radius 2 is 1.93 bits per heavy atom. The van der Waals surface area contributed by atoms with Crippen molar-refractivity contribution in [2.24, 2.45) is 0 Å². The zero-order chi connectivity index (χ0) is 20.5. The minimum absolute atomic E-state index is 0.00377. The normalized spacial score (nSPS) is 13.0. The minimum atomic E-state index is -4.38. The quantitative estimate of drug-likeness (QED) is 0.570. The number of benzene rings is 2. The van der Waals surface area contributed by atoms with Crippen LogP contribution in [-0.2, 0) is 19.6 Å². The van der Waals surface area contributed by atoms with Gasteiger partial charge in [-0.15, -0.1) is 0 Å². The van der Waals surface area contributed by atoms with Gasteiger partial charge in [-0.1, -0.05) is 11.6 Å². The first-order chi connectivity index (χ1) is 13.2. The van der Waals surface area contributed by atoms with Gasteiger partial charge in [0.05, 0.1) is 30.5 Å². The fourth-order valence-electron chi connectivity index (χ4n) is 2.42. The number of rotatable bonds is 5. The van der Waals surface area contributed by atoms with Crippen molar-refractivity contribution < 1.29 is 36.4 Å². The van der Waals surface area contributed by atoms with Crippen molar-refractivity contribution in [2.75, 3.05) is 26.1 Å². The summed E-state index contributed by atoms with van der Waals surface area (Å²) < 4.78 is 45.5. The number of carbonyl (C=O) groups is 2. The number of methoxy groups -OCH3 is 2. The van der Waals surface area contributed by atoms with Crippen LogP contribution in [0.5, 0.6) is 17.2 Å². The molecule has 0 aromatic heterocycles. The summed E-state index contributed by atoms with van der Waals surface area (Å²) in [5.74, 6) is -1.02. The molecule has 11 heteroatoms. The highest BCUT2D eigenvalue weighted by molar-refractivity contribution is 7.87. The lowest BCUT2D eigenvalue weighted by Crippen LogP contribution is -2.25. The Kier molecular flexibility index (Phi) is 5.34. The average molecular weight is 428 g/mol. The Hall–Kier alpha value is -2.98. The van der Waals surface area contributed by atoms with Crippen molar-refractivity contribution in [3.05, 3.63) is 40.9 Å². The van der Waals surface area contributed by atoms with E-state index in [2.05, 4.69) is 10.1 Å². The highest BCUT2D eigenvalue weighted by Crippen LogP contribution is 2.38. The molecule has 1 heterocycles. The molecule has 0 unspecified atom stereocenters. The third-order valence-electron chi connectivity index (χ3n) is 3.72. The van der Waals surface area contributed by atoms with Crippen LogP contribution >= 0.6 is 11.6 Å². The second-order valence-electron chi connectivity index (χ2n) is 5.51. The van der Waals surface area contributed by atoms with Crippen LogP contribution < -0.4 is 19.0 Å². The van der Waals surface area contributed by atoms with Gasteiger partial charge in [-0.3, -0.25) is 4.79 Å². The molecule has 28 heavy (non-hydrogen) atoms. The van der Waals surface area contributed by atoms with Crippen LogP contribution in [0.3, 0.4) is 0 Å². The van der Waals surface area contributed by atoms with Gasteiger partial charge < -0.3 is 23.7 Å². The van der Waals surface area contributed by atoms with Crippen molar-refractivity contribution in [2.45, 2.75) is 4.90 Å². The van der Waals surface area contributed by atoms with Gasteiger partial charge in [0, 0.05) is 6.07 Å². The van der Waals surface area contributed by atoms with Gasteiger partial charge in [-0.05, 0) is 24.3 Å². The van der Waals surface area contributed by atoms with E-state index < -0.39 is 16.1 Å². The first-order valence-corrected chi connectivity index (χ1v) is 9.51. The Labute approximate surface area is 165 Å². The molecule has 1 N–H and O–H groups in total. The lowest BCUT2D eigenvalue weighted by molar-refractivity contribution is -0.118. The zero-order valence-electron chi connectivity index (χ0n) is 14.6. The van der Waals surface area contributed by atoms with Gasteiger partial charge in [0.15, 0.2) is 18.1 Å². The van der Waals surface area contributed by atoms with Crippen LogP contribution in [0.25, 0.3) is 0 Å². The topological polar surface area (TPSA) is 117 Å². The summed E-state index contributed by atoms with van der Waals surface area (Å²) in [5, 5.41) is 2.35. The molecular formula is C17H14ClNO8S. The zero-order valence-corrected chi connectivity index (χ0v) is 16.2. The molecule has 148 valence electrons. The highest BCUT2D eigenvalue weighted by atomic mass is 35.5. The van der Waals surface area contributed by atoms with E-state index in [9.17, 15) is 18.0 Å². The first kappa shape index (κ1) is 19.8. The number of ether oxygens (including phenoxy) is 3. The minimum Gasteiger partial charge on any atom is -0.493 e. The standard InChI is InChI=1S/C17H14ClNO8S/c1-24-14-5-9(17(21)25-2)3-4-12(14)27-28(22,23)15-7-13-11(6-10(15)18)19-16(20)8-26-13/h3-7H,8H2,1-2H3,(H,19,20). The number of nitrogens with one attached hydrogen (secondary N) is 1. The number of hydrogen-bond acceptors (Lipinski definition) is 8. The summed E-state index contributed by atoms with van der Waals surface area (Å²) in [6.45, 7) is -0.252. The van der Waals surface area contributed by atoms with Gasteiger partial charge >= 0.3 is 16.1 Å². The summed E-state index contributed by atoms with van der Waals surface area (Å²) in [5.41, 5.74) is 0.403. The number of halogens is 1. The van der Waals surface area contributed by atoms with Crippen LogP contribution in [-0.4, -0.2) is 41.1 Å². The Morgan fingerprint density at radius 1 is 1.18 bits per heavy atom. The summed E-state index contributed by atoms with van der Waals surface area (Å²) in [6.07, 6.45) is 0. The largest absolute Gasteiger partial charge is 0.493 e. The van der Waals surface area contributed by atoms with E-state index in [0.29, 0.717) is 0 Å². The third kappa shape index (κ3) is 3.82. The molecule has 9 nitrogen and oxygen atoms in total. The van der Waals surface area contributed by atoms with E-state index in [4.69, 9.17) is 25.3 Å². The van der Waals surface area contributed by atoms with Crippen LogP contribution in [0.1, 0.15) is 10.4 Å². The van der Waals surface area contributed by atoms with E-state index in [1.54, 1.807) is 0 Å². The van der Waals surface area contributed by atoms with Gasteiger partial charge in [-0.2, -0.15) is 8.42 Å². The van der Waals surface area contributed by atoms with Gasteiger partial charge in [-0.25, -0.2) is 4.79 Å². The van der Waals surface area contributed by atoms with E-state index >= 15 is 0 Å². The number of hydrogen-bond donors (Lipinski definition) is 1. The molecule has 1 aliphatic heterocycles. The highest BCUT2D eigenvalue weighted by Gasteiger charge is 2.27. The van der Waals surface area contributed by atoms with Gasteiger partial charge in [0.25, 0.3) is 5.91 Å². The lowest BCUT2D eigenvalue weighted by Gasteiger charge is -2.19. The van der Waals surface area contributed by atoms with Gasteiger partial charge in [0.1, 0.15) is 10.6 Å². The fourth-order valence-corrected chi connectivity index (χ4v) is 3.88. The van der Waals surface area contributed by atoms with E-state index in [1.165, 1.54) is 38.5 Å². The van der Waals surface area contributed by atoms with Crippen molar-refractivity contribution in [1.82, 2.24) is 0 Å². The maximum atomic E-state index is 12.7. The lowest BCUT2D eigenvalue weighted by atomic mass is 10.2. The fraction of sp³-hybridized carbons (Fsp3) is 0.176. The maximum Gasteiger partial charge on any atom is 0.340 e. The number of amides is 1. The molecule has 1 aliphatic rings. The second-order valence-corrected chi connectivity index (χ2v) is 7.43. The molecule has 0 fully saturated rings. The van der Waals surface area contributed by atoms with Crippen molar-refractivity contribution in [1.29, 1.82) is 0 Å². The van der Waals surface area contributed by atoms with Crippen molar-refractivity contribution >= 4 is 39.3 Å². The Balaban J connectivity index is 1.96. The maximum absolute atomic E-state index is 12.7. The van der Waals surface area contributed by atoms with Gasteiger partial charge in [0.2, 0.25) is 0 Å². The smallest absolute Gasteiger partial charge is 0.340 e. The average Bonchev–Trinajstić information content (AvgIpc) is 2.66.